The van der Waals surface area contributed by atoms with Crippen LogP contribution in [0.5, 0.6) is 0 Å². The average molecular weight is 392 g/mol. The Kier molecular flexibility index (Phi) is 5.62. The lowest BCUT2D eigenvalue weighted by Gasteiger charge is -2.16. The van der Waals surface area contributed by atoms with Crippen LogP contribution in [-0.4, -0.2) is 45.2 Å². The number of fused-ring (bicyclic) bond motifs is 1. The van der Waals surface area contributed by atoms with E-state index >= 15 is 0 Å². The molecule has 152 valence electrons. The normalized spacial score (nSPS) is 17.1. The van der Waals surface area contributed by atoms with Crippen molar-refractivity contribution in [3.8, 4) is 0 Å². The summed E-state index contributed by atoms with van der Waals surface area (Å²) in [6.45, 7) is 10.1. The number of nitrogens with one attached hydrogen (secondary N) is 1. The van der Waals surface area contributed by atoms with E-state index in [0.717, 1.165) is 42.8 Å². The van der Waals surface area contributed by atoms with Crippen LogP contribution in [0.1, 0.15) is 41.6 Å². The van der Waals surface area contributed by atoms with Gasteiger partial charge in [0, 0.05) is 44.1 Å². The molecule has 29 heavy (non-hydrogen) atoms. The van der Waals surface area contributed by atoms with Gasteiger partial charge < -0.3 is 5.32 Å². The summed E-state index contributed by atoms with van der Waals surface area (Å²) in [5.74, 6) is 0.391. The third kappa shape index (κ3) is 4.32. The third-order valence-electron chi connectivity index (χ3n) is 5.87. The molecule has 1 aromatic carbocycles. The van der Waals surface area contributed by atoms with Gasteiger partial charge >= 0.3 is 0 Å². The Bertz CT molecular complexity index is 1030. The van der Waals surface area contributed by atoms with Crippen molar-refractivity contribution in [2.24, 2.45) is 0 Å². The minimum atomic E-state index is -0.0209. The summed E-state index contributed by atoms with van der Waals surface area (Å²) >= 11 is 0. The quantitative estimate of drug-likeness (QED) is 0.701. The minimum Gasteiger partial charge on any atom is -0.354 e. The summed E-state index contributed by atoms with van der Waals surface area (Å²) in [6, 6.07) is 10.9. The lowest BCUT2D eigenvalue weighted by molar-refractivity contribution is -0.118. The molecule has 0 unspecified atom stereocenters. The fourth-order valence-corrected chi connectivity index (χ4v) is 4.19. The van der Waals surface area contributed by atoms with Gasteiger partial charge in [0.1, 0.15) is 0 Å². The minimum absolute atomic E-state index is 0.0209. The first kappa shape index (κ1) is 19.6. The van der Waals surface area contributed by atoms with E-state index in [4.69, 9.17) is 5.10 Å². The maximum Gasteiger partial charge on any atom is 0.216 e. The van der Waals surface area contributed by atoms with Gasteiger partial charge in [0.2, 0.25) is 5.91 Å². The summed E-state index contributed by atoms with van der Waals surface area (Å²) in [6.07, 6.45) is 2.92. The number of carbonyl (C=O) groups is 1. The number of nitrogens with zero attached hydrogens (tertiary/aromatic N) is 4. The number of rotatable bonds is 6. The molecule has 1 aliphatic heterocycles. The van der Waals surface area contributed by atoms with E-state index in [9.17, 15) is 4.79 Å². The molecule has 3 aromatic rings. The van der Waals surface area contributed by atoms with E-state index < -0.39 is 0 Å². The zero-order chi connectivity index (χ0) is 20.4. The molecular weight excluding hydrogens is 362 g/mol. The Labute approximate surface area is 171 Å². The fourth-order valence-electron chi connectivity index (χ4n) is 4.19. The van der Waals surface area contributed by atoms with Gasteiger partial charge in [-0.25, -0.2) is 9.67 Å². The van der Waals surface area contributed by atoms with Crippen molar-refractivity contribution in [2.75, 3.05) is 19.6 Å². The van der Waals surface area contributed by atoms with E-state index in [1.54, 1.807) is 0 Å². The maximum atomic E-state index is 11.2. The summed E-state index contributed by atoms with van der Waals surface area (Å²) < 4.78 is 1.94. The molecule has 0 spiro atoms. The van der Waals surface area contributed by atoms with Crippen molar-refractivity contribution in [1.82, 2.24) is 25.0 Å². The van der Waals surface area contributed by atoms with Crippen LogP contribution in [0.4, 0.5) is 0 Å². The van der Waals surface area contributed by atoms with Crippen molar-refractivity contribution < 1.29 is 4.79 Å². The predicted octanol–water partition coefficient (Wildman–Crippen LogP) is 3.17. The van der Waals surface area contributed by atoms with Crippen LogP contribution in [0, 0.1) is 13.8 Å². The Morgan fingerprint density at radius 1 is 1.24 bits per heavy atom. The average Bonchev–Trinajstić information content (AvgIpc) is 3.29. The molecule has 1 atom stereocenters. The molecule has 1 fully saturated rings. The number of likely N-dealkylation sites (tertiary alicyclic amines) is 1. The number of hydrogen-bond donors (Lipinski definition) is 1. The van der Waals surface area contributed by atoms with Gasteiger partial charge in [-0.15, -0.1) is 0 Å². The van der Waals surface area contributed by atoms with Gasteiger partial charge in [-0.05, 0) is 55.6 Å². The lowest BCUT2D eigenvalue weighted by Crippen LogP contribution is -2.25. The third-order valence-corrected chi connectivity index (χ3v) is 5.87. The second-order valence-electron chi connectivity index (χ2n) is 8.11. The molecule has 2 aromatic heterocycles. The maximum absolute atomic E-state index is 11.2. The number of aryl methyl sites for hydroxylation is 2. The van der Waals surface area contributed by atoms with Gasteiger partial charge in [0.05, 0.1) is 12.2 Å². The first-order valence-electron chi connectivity index (χ1n) is 10.4. The predicted molar refractivity (Wildman–Crippen MR) is 115 cm³/mol. The summed E-state index contributed by atoms with van der Waals surface area (Å²) in [4.78, 5) is 18.2. The van der Waals surface area contributed by atoms with Crippen molar-refractivity contribution in [3.05, 3.63) is 58.9 Å². The Morgan fingerprint density at radius 2 is 2.10 bits per heavy atom. The molecule has 6 heteroatoms. The van der Waals surface area contributed by atoms with Crippen LogP contribution in [-0.2, 0) is 17.9 Å². The van der Waals surface area contributed by atoms with E-state index in [1.807, 2.05) is 16.9 Å². The smallest absolute Gasteiger partial charge is 0.216 e. The molecule has 1 N–H and O–H groups in total. The zero-order valence-electron chi connectivity index (χ0n) is 17.5. The number of aromatic nitrogens is 3. The molecule has 1 amide bonds. The van der Waals surface area contributed by atoms with Crippen molar-refractivity contribution >= 4 is 16.9 Å². The largest absolute Gasteiger partial charge is 0.354 e. The molecule has 0 aliphatic carbocycles. The second-order valence-corrected chi connectivity index (χ2v) is 8.11. The van der Waals surface area contributed by atoms with E-state index in [0.29, 0.717) is 19.0 Å². The fraction of sp³-hybridized carbons (Fsp3) is 0.435. The van der Waals surface area contributed by atoms with Gasteiger partial charge in [-0.3, -0.25) is 9.69 Å². The highest BCUT2D eigenvalue weighted by atomic mass is 16.1. The Morgan fingerprint density at radius 3 is 2.90 bits per heavy atom. The summed E-state index contributed by atoms with van der Waals surface area (Å²) in [5.41, 5.74) is 6.12. The van der Waals surface area contributed by atoms with Gasteiger partial charge in [0.15, 0.2) is 5.65 Å². The van der Waals surface area contributed by atoms with E-state index in [1.165, 1.54) is 23.6 Å². The molecule has 6 nitrogen and oxygen atoms in total. The highest BCUT2D eigenvalue weighted by molar-refractivity contribution is 5.79. The number of hydrogen-bond acceptors (Lipinski definition) is 4. The Balaban J connectivity index is 1.49. The van der Waals surface area contributed by atoms with Gasteiger partial charge in [0.25, 0.3) is 0 Å². The number of amides is 1. The molecule has 1 aliphatic rings. The molecule has 0 bridgehead atoms. The first-order valence-corrected chi connectivity index (χ1v) is 10.4. The molecule has 0 saturated carbocycles. The van der Waals surface area contributed by atoms with Crippen LogP contribution in [0.2, 0.25) is 0 Å². The molecule has 3 heterocycles. The Hall–Kier alpha value is -2.73. The summed E-state index contributed by atoms with van der Waals surface area (Å²) in [7, 11) is 0. The van der Waals surface area contributed by atoms with Crippen molar-refractivity contribution in [3.63, 3.8) is 0 Å². The second kappa shape index (κ2) is 8.33. The van der Waals surface area contributed by atoms with Crippen molar-refractivity contribution in [1.29, 1.82) is 0 Å². The standard InChI is InChI=1S/C23H29N5O/c1-16-6-7-19(13-17(16)2)14-27-11-8-20(15-27)22-21-5-4-9-25-23(21)28(26-22)12-10-24-18(3)29/h4-7,9,13,20H,8,10-12,14-15H2,1-3H3,(H,24,29)/t20-/m0/s1. The molecular formula is C23H29N5O. The van der Waals surface area contributed by atoms with E-state index in [-0.39, 0.29) is 5.91 Å². The van der Waals surface area contributed by atoms with Gasteiger partial charge in [-0.1, -0.05) is 18.2 Å². The zero-order valence-corrected chi connectivity index (χ0v) is 17.5. The molecule has 0 radical (unpaired) electrons. The first-order chi connectivity index (χ1) is 14.0. The number of carbonyl (C=O) groups excluding carboxylic acids is 1. The monoisotopic (exact) mass is 391 g/mol. The molecule has 4 rings (SSSR count). The lowest BCUT2D eigenvalue weighted by atomic mass is 10.0. The molecule has 1 saturated heterocycles. The van der Waals surface area contributed by atoms with Crippen LogP contribution in [0.15, 0.2) is 36.5 Å². The van der Waals surface area contributed by atoms with Crippen LogP contribution in [0.25, 0.3) is 11.0 Å². The SMILES string of the molecule is CC(=O)NCCn1nc([C@H]2CCN(Cc3ccc(C)c(C)c3)C2)c2cccnc21. The van der Waals surface area contributed by atoms with E-state index in [2.05, 4.69) is 53.3 Å². The van der Waals surface area contributed by atoms with Gasteiger partial charge in [-0.2, -0.15) is 5.10 Å². The van der Waals surface area contributed by atoms with Crippen molar-refractivity contribution in [2.45, 2.75) is 46.2 Å². The highest BCUT2D eigenvalue weighted by Gasteiger charge is 2.28. The van der Waals surface area contributed by atoms with Crippen LogP contribution in [0.3, 0.4) is 0 Å². The summed E-state index contributed by atoms with van der Waals surface area (Å²) in [5, 5.41) is 8.89. The topological polar surface area (TPSA) is 63.1 Å². The van der Waals surface area contributed by atoms with Crippen LogP contribution < -0.4 is 5.32 Å². The van der Waals surface area contributed by atoms with Crippen LogP contribution >= 0.6 is 0 Å². The highest BCUT2D eigenvalue weighted by Crippen LogP contribution is 2.32. The number of pyridine rings is 1. The number of benzene rings is 1.